The monoisotopic (exact) mass is 356 g/mol. The topological polar surface area (TPSA) is 75.5 Å². The van der Waals surface area contributed by atoms with Gasteiger partial charge >= 0.3 is 0 Å². The Morgan fingerprint density at radius 3 is 2.26 bits per heavy atom. The Labute approximate surface area is 155 Å². The predicted molar refractivity (Wildman–Crippen MR) is 106 cm³/mol. The van der Waals surface area contributed by atoms with Crippen molar-refractivity contribution in [1.82, 2.24) is 9.38 Å². The van der Waals surface area contributed by atoms with Crippen molar-refractivity contribution in [1.29, 1.82) is 0 Å². The molecule has 0 bridgehead atoms. The Kier molecular flexibility index (Phi) is 4.37. The zero-order valence-corrected chi connectivity index (χ0v) is 14.3. The fourth-order valence-electron chi connectivity index (χ4n) is 2.71. The number of fused-ring (bicyclic) bond motifs is 1. The number of carbonyl (C=O) groups is 1. The molecule has 1 amide bonds. The number of hydrogen-bond donors (Lipinski definition) is 2. The van der Waals surface area contributed by atoms with Gasteiger partial charge in [0.1, 0.15) is 11.2 Å². The van der Waals surface area contributed by atoms with Gasteiger partial charge < -0.3 is 10.6 Å². The molecule has 0 atom stereocenters. The van der Waals surface area contributed by atoms with Crippen LogP contribution in [0.15, 0.2) is 90.0 Å². The first-order valence-corrected chi connectivity index (χ1v) is 8.40. The normalized spacial score (nSPS) is 10.5. The van der Waals surface area contributed by atoms with Crippen molar-refractivity contribution in [3.63, 3.8) is 0 Å². The molecule has 27 heavy (non-hydrogen) atoms. The zero-order valence-electron chi connectivity index (χ0n) is 14.3. The average molecular weight is 356 g/mol. The number of para-hydroxylation sites is 1. The number of anilines is 3. The van der Waals surface area contributed by atoms with Crippen LogP contribution in [-0.2, 0) is 0 Å². The van der Waals surface area contributed by atoms with Crippen LogP contribution < -0.4 is 16.2 Å². The number of carbonyl (C=O) groups excluding carboxylic acids is 1. The van der Waals surface area contributed by atoms with Crippen LogP contribution in [0.4, 0.5) is 17.1 Å². The van der Waals surface area contributed by atoms with Crippen LogP contribution in [0.2, 0.25) is 0 Å². The molecule has 4 aromatic rings. The van der Waals surface area contributed by atoms with Gasteiger partial charge in [-0.2, -0.15) is 0 Å². The van der Waals surface area contributed by atoms with E-state index in [-0.39, 0.29) is 5.56 Å². The summed E-state index contributed by atoms with van der Waals surface area (Å²) in [6.07, 6.45) is 2.89. The number of aromatic nitrogens is 2. The van der Waals surface area contributed by atoms with Crippen molar-refractivity contribution < 1.29 is 4.79 Å². The van der Waals surface area contributed by atoms with E-state index in [9.17, 15) is 9.59 Å². The van der Waals surface area contributed by atoms with E-state index in [1.165, 1.54) is 10.6 Å². The predicted octanol–water partition coefficient (Wildman–Crippen LogP) is 3.69. The van der Waals surface area contributed by atoms with Crippen LogP contribution in [0.25, 0.3) is 5.65 Å². The maximum Gasteiger partial charge on any atom is 0.270 e. The van der Waals surface area contributed by atoms with Gasteiger partial charge in [0.15, 0.2) is 0 Å². The third-order valence-electron chi connectivity index (χ3n) is 4.06. The summed E-state index contributed by atoms with van der Waals surface area (Å²) < 4.78 is 1.35. The van der Waals surface area contributed by atoms with Crippen LogP contribution >= 0.6 is 0 Å². The van der Waals surface area contributed by atoms with E-state index in [0.717, 1.165) is 11.4 Å². The number of nitrogens with one attached hydrogen (secondary N) is 2. The van der Waals surface area contributed by atoms with Crippen molar-refractivity contribution in [2.75, 3.05) is 10.6 Å². The van der Waals surface area contributed by atoms with Crippen LogP contribution in [-0.4, -0.2) is 15.3 Å². The summed E-state index contributed by atoms with van der Waals surface area (Å²) in [4.78, 5) is 29.1. The summed E-state index contributed by atoms with van der Waals surface area (Å²) in [6.45, 7) is 0. The smallest absolute Gasteiger partial charge is 0.270 e. The molecule has 0 aliphatic rings. The van der Waals surface area contributed by atoms with Gasteiger partial charge in [0.05, 0.1) is 0 Å². The average Bonchev–Trinajstić information content (AvgIpc) is 2.71. The van der Waals surface area contributed by atoms with Gasteiger partial charge in [0.25, 0.3) is 11.5 Å². The van der Waals surface area contributed by atoms with Crippen molar-refractivity contribution in [3.8, 4) is 0 Å². The van der Waals surface area contributed by atoms with Crippen LogP contribution in [0.1, 0.15) is 10.4 Å². The van der Waals surface area contributed by atoms with Gasteiger partial charge in [0, 0.05) is 29.5 Å². The van der Waals surface area contributed by atoms with E-state index in [1.54, 1.807) is 36.5 Å². The third kappa shape index (κ3) is 3.55. The molecule has 0 fully saturated rings. The first kappa shape index (κ1) is 16.5. The maximum atomic E-state index is 12.5. The van der Waals surface area contributed by atoms with Gasteiger partial charge in [0.2, 0.25) is 0 Å². The summed E-state index contributed by atoms with van der Waals surface area (Å²) in [6, 6.07) is 22.3. The lowest BCUT2D eigenvalue weighted by atomic mass is 10.2. The Bertz CT molecular complexity index is 1150. The molecule has 2 aromatic heterocycles. The van der Waals surface area contributed by atoms with E-state index >= 15 is 0 Å². The molecule has 4 rings (SSSR count). The Balaban J connectivity index is 1.51. The molecule has 0 spiro atoms. The largest absolute Gasteiger partial charge is 0.356 e. The number of amides is 1. The highest BCUT2D eigenvalue weighted by Gasteiger charge is 2.13. The highest BCUT2D eigenvalue weighted by molar-refractivity contribution is 6.04. The molecule has 2 heterocycles. The molecule has 0 unspecified atom stereocenters. The van der Waals surface area contributed by atoms with Crippen molar-refractivity contribution in [2.24, 2.45) is 0 Å². The maximum absolute atomic E-state index is 12.5. The highest BCUT2D eigenvalue weighted by atomic mass is 16.2. The second-order valence-corrected chi connectivity index (χ2v) is 5.93. The molecule has 6 heteroatoms. The number of hydrogen-bond acceptors (Lipinski definition) is 4. The van der Waals surface area contributed by atoms with Crippen LogP contribution in [0.5, 0.6) is 0 Å². The molecule has 0 radical (unpaired) electrons. The minimum atomic E-state index is -0.491. The summed E-state index contributed by atoms with van der Waals surface area (Å²) >= 11 is 0. The van der Waals surface area contributed by atoms with Gasteiger partial charge in [-0.25, -0.2) is 4.98 Å². The van der Waals surface area contributed by atoms with E-state index < -0.39 is 11.5 Å². The molecule has 6 nitrogen and oxygen atoms in total. The van der Waals surface area contributed by atoms with E-state index in [1.807, 2.05) is 42.5 Å². The summed E-state index contributed by atoms with van der Waals surface area (Å²) in [5.74, 6) is -0.491. The van der Waals surface area contributed by atoms with Crippen molar-refractivity contribution in [3.05, 3.63) is 101 Å². The number of pyridine rings is 1. The Morgan fingerprint density at radius 1 is 0.815 bits per heavy atom. The molecule has 2 aromatic carbocycles. The first-order chi connectivity index (χ1) is 13.2. The van der Waals surface area contributed by atoms with Crippen molar-refractivity contribution >= 4 is 28.6 Å². The quantitative estimate of drug-likeness (QED) is 0.585. The molecule has 0 saturated carbocycles. The highest BCUT2D eigenvalue weighted by Crippen LogP contribution is 2.18. The summed E-state index contributed by atoms with van der Waals surface area (Å²) in [5, 5.41) is 6.00. The minimum absolute atomic E-state index is 0.00909. The van der Waals surface area contributed by atoms with E-state index in [2.05, 4.69) is 15.6 Å². The molecular formula is C21H16N4O2. The van der Waals surface area contributed by atoms with Crippen molar-refractivity contribution in [2.45, 2.75) is 0 Å². The number of benzene rings is 2. The minimum Gasteiger partial charge on any atom is -0.356 e. The molecule has 0 saturated heterocycles. The lowest BCUT2D eigenvalue weighted by molar-refractivity contribution is 0.102. The second kappa shape index (κ2) is 7.13. The second-order valence-electron chi connectivity index (χ2n) is 5.93. The van der Waals surface area contributed by atoms with Crippen LogP contribution in [0, 0.1) is 0 Å². The summed E-state index contributed by atoms with van der Waals surface area (Å²) in [5.41, 5.74) is 2.55. The molecular weight excluding hydrogens is 340 g/mol. The number of rotatable bonds is 4. The molecule has 0 aliphatic carbocycles. The fourth-order valence-corrected chi connectivity index (χ4v) is 2.71. The van der Waals surface area contributed by atoms with Crippen LogP contribution in [0.3, 0.4) is 0 Å². The van der Waals surface area contributed by atoms with Gasteiger partial charge in [-0.15, -0.1) is 0 Å². The first-order valence-electron chi connectivity index (χ1n) is 8.40. The summed E-state index contributed by atoms with van der Waals surface area (Å²) in [7, 11) is 0. The van der Waals surface area contributed by atoms with E-state index in [4.69, 9.17) is 0 Å². The Hall–Kier alpha value is -3.93. The fraction of sp³-hybridized carbons (Fsp3) is 0. The standard InChI is InChI=1S/C21H16N4O2/c26-20(18-14-22-19-8-4-5-13-25(19)21(18)27)24-17-11-9-16(10-12-17)23-15-6-2-1-3-7-15/h1-14,23H,(H,24,26). The zero-order chi connectivity index (χ0) is 18.6. The van der Waals surface area contributed by atoms with E-state index in [0.29, 0.717) is 11.3 Å². The van der Waals surface area contributed by atoms with Gasteiger partial charge in [-0.3, -0.25) is 14.0 Å². The SMILES string of the molecule is O=C(Nc1ccc(Nc2ccccc2)cc1)c1cnc2ccccn2c1=O. The third-order valence-corrected chi connectivity index (χ3v) is 4.06. The number of nitrogens with zero attached hydrogens (tertiary/aromatic N) is 2. The molecule has 0 aliphatic heterocycles. The van der Waals surface area contributed by atoms with Gasteiger partial charge in [-0.1, -0.05) is 24.3 Å². The molecule has 132 valence electrons. The van der Waals surface area contributed by atoms with Gasteiger partial charge in [-0.05, 0) is 48.5 Å². The lowest BCUT2D eigenvalue weighted by Crippen LogP contribution is -2.26. The molecule has 2 N–H and O–H groups in total. The lowest BCUT2D eigenvalue weighted by Gasteiger charge is -2.09. The Morgan fingerprint density at radius 2 is 1.48 bits per heavy atom.